The molecule has 1 unspecified atom stereocenters. The number of nitriles is 1. The number of piperazine rings is 1. The van der Waals surface area contributed by atoms with Crippen LogP contribution >= 0.6 is 0 Å². The Bertz CT molecular complexity index is 2730. The lowest BCUT2D eigenvalue weighted by atomic mass is 10.0. The van der Waals surface area contributed by atoms with Crippen molar-refractivity contribution < 1.29 is 37.9 Å². The molecule has 0 spiro atoms. The molecule has 3 aromatic carbocycles. The highest BCUT2D eigenvalue weighted by atomic mass is 19.1. The van der Waals surface area contributed by atoms with E-state index in [2.05, 4.69) is 37.0 Å². The largest absolute Gasteiger partial charge is 0.496 e. The van der Waals surface area contributed by atoms with E-state index in [1.807, 2.05) is 11.0 Å². The Labute approximate surface area is 359 Å². The molecular weight excluding hydrogens is 812 g/mol. The summed E-state index contributed by atoms with van der Waals surface area (Å²) in [6.07, 6.45) is 5.32. The maximum absolute atomic E-state index is 14.9. The molecule has 2 aromatic heterocycles. The Morgan fingerprint density at radius 1 is 0.952 bits per heavy atom. The van der Waals surface area contributed by atoms with Crippen LogP contribution in [0.1, 0.15) is 62.5 Å². The minimum absolute atomic E-state index is 0.0135. The first-order chi connectivity index (χ1) is 30.5. The van der Waals surface area contributed by atoms with E-state index in [1.165, 1.54) is 43.8 Å². The Hall–Kier alpha value is -8.07. The number of piperidine rings is 1. The normalized spacial score (nSPS) is 16.0. The number of benzene rings is 3. The van der Waals surface area contributed by atoms with Crippen LogP contribution in [0.3, 0.4) is 0 Å². The number of nitrogens with zero attached hydrogens (tertiary/aromatic N) is 7. The fourth-order valence-corrected chi connectivity index (χ4v) is 7.88. The summed E-state index contributed by atoms with van der Waals surface area (Å²) in [7, 11) is 1.40. The summed E-state index contributed by atoms with van der Waals surface area (Å²) in [5.74, 6) is -3.35. The van der Waals surface area contributed by atoms with Crippen LogP contribution in [0.4, 0.5) is 21.5 Å². The number of hydrogen-bond acceptors (Lipinski definition) is 13. The second-order valence-corrected chi connectivity index (χ2v) is 14.9. The van der Waals surface area contributed by atoms with Gasteiger partial charge >= 0.3 is 0 Å². The fraction of sp³-hybridized carbons (Fsp3) is 0.244. The number of imide groups is 2. The Balaban J connectivity index is 0.911. The van der Waals surface area contributed by atoms with Gasteiger partial charge in [-0.15, -0.1) is 0 Å². The second kappa shape index (κ2) is 17.9. The first-order valence-corrected chi connectivity index (χ1v) is 20.1. The standard InChI is InChI=1S/C45H39FN10O7/c1-63-37-5-2-4-32(46)40(37)41-50-17-14-34(51-41)42(59)52-33-10-7-26(31-25-48-16-13-27(31)24-47)22-36(33)54-18-20-55(21-19-54)39(58)6-3-15-49-28-8-9-29-30(23-28)45(62)56(44(29)61)35-11-12-38(57)53-43(35)60/h2,4-5,7-10,13-14,16-17,22-23,25,35,49H,3,6,11-12,15,18-21H2,1H3,(H,52,59)(H,53,57,60). The van der Waals surface area contributed by atoms with Crippen LogP contribution in [0.2, 0.25) is 0 Å². The fourth-order valence-electron chi connectivity index (χ4n) is 7.88. The van der Waals surface area contributed by atoms with Gasteiger partial charge in [0.1, 0.15) is 23.3 Å². The SMILES string of the molecule is COc1cccc(F)c1-c1nccc(C(=O)Nc2ccc(-c3cnccc3C#N)cc2N2CCN(C(=O)CCCNc3ccc4c(c3)C(=O)N(C3CCC(=O)NC3=O)C4=O)CC2)n1. The van der Waals surface area contributed by atoms with E-state index in [4.69, 9.17) is 4.74 Å². The number of aromatic nitrogens is 3. The number of halogens is 1. The zero-order chi connectivity index (χ0) is 44.2. The topological polar surface area (TPSA) is 220 Å². The van der Waals surface area contributed by atoms with Gasteiger partial charge in [-0.2, -0.15) is 5.26 Å². The molecule has 18 heteroatoms. The van der Waals surface area contributed by atoms with Crippen molar-refractivity contribution in [1.82, 2.24) is 30.1 Å². The first-order valence-electron chi connectivity index (χ1n) is 20.1. The molecule has 3 aliphatic rings. The molecule has 5 aromatic rings. The number of methoxy groups -OCH3 is 1. The lowest BCUT2D eigenvalue weighted by Gasteiger charge is -2.37. The van der Waals surface area contributed by atoms with Crippen LogP contribution in [0.5, 0.6) is 5.75 Å². The molecule has 0 aliphatic carbocycles. The monoisotopic (exact) mass is 850 g/mol. The number of anilines is 3. The van der Waals surface area contributed by atoms with E-state index >= 15 is 0 Å². The molecule has 8 rings (SSSR count). The number of ether oxygens (including phenoxy) is 1. The summed E-state index contributed by atoms with van der Waals surface area (Å²) < 4.78 is 20.2. The maximum Gasteiger partial charge on any atom is 0.274 e. The molecule has 3 N–H and O–H groups in total. The van der Waals surface area contributed by atoms with Gasteiger partial charge in [0.25, 0.3) is 17.7 Å². The number of carbonyl (C=O) groups is 6. The molecule has 17 nitrogen and oxygen atoms in total. The van der Waals surface area contributed by atoms with E-state index in [0.29, 0.717) is 72.9 Å². The van der Waals surface area contributed by atoms with Gasteiger partial charge in [-0.25, -0.2) is 14.4 Å². The van der Waals surface area contributed by atoms with Gasteiger partial charge in [0.2, 0.25) is 17.7 Å². The van der Waals surface area contributed by atoms with Crippen LogP contribution in [0.15, 0.2) is 85.3 Å². The summed E-state index contributed by atoms with van der Waals surface area (Å²) in [6, 6.07) is 18.6. The van der Waals surface area contributed by atoms with E-state index in [-0.39, 0.29) is 59.1 Å². The van der Waals surface area contributed by atoms with Gasteiger partial charge in [-0.3, -0.25) is 44.0 Å². The van der Waals surface area contributed by atoms with Gasteiger partial charge in [0.15, 0.2) is 5.82 Å². The lowest BCUT2D eigenvalue weighted by molar-refractivity contribution is -0.136. The average molecular weight is 851 g/mol. The molecule has 2 fully saturated rings. The third-order valence-corrected chi connectivity index (χ3v) is 11.1. The zero-order valence-electron chi connectivity index (χ0n) is 33.9. The zero-order valence-corrected chi connectivity index (χ0v) is 33.9. The van der Waals surface area contributed by atoms with Crippen molar-refractivity contribution in [3.05, 3.63) is 114 Å². The molecule has 63 heavy (non-hydrogen) atoms. The summed E-state index contributed by atoms with van der Waals surface area (Å²) in [5, 5.41) is 18.2. The molecule has 0 bridgehead atoms. The van der Waals surface area contributed by atoms with E-state index < -0.39 is 41.4 Å². The number of rotatable bonds is 12. The average Bonchev–Trinajstić information content (AvgIpc) is 3.55. The highest BCUT2D eigenvalue weighted by molar-refractivity contribution is 6.23. The molecule has 5 heterocycles. The molecule has 1 atom stereocenters. The minimum Gasteiger partial charge on any atom is -0.496 e. The van der Waals surface area contributed by atoms with Crippen molar-refractivity contribution in [2.75, 3.05) is 55.4 Å². The highest BCUT2D eigenvalue weighted by Crippen LogP contribution is 2.35. The van der Waals surface area contributed by atoms with Gasteiger partial charge in [0.05, 0.1) is 46.8 Å². The lowest BCUT2D eigenvalue weighted by Crippen LogP contribution is -2.54. The second-order valence-electron chi connectivity index (χ2n) is 14.9. The maximum atomic E-state index is 14.9. The number of nitrogens with one attached hydrogen (secondary N) is 3. The number of carbonyl (C=O) groups excluding carboxylic acids is 6. The predicted molar refractivity (Wildman–Crippen MR) is 226 cm³/mol. The number of pyridine rings is 1. The Morgan fingerprint density at radius 3 is 2.54 bits per heavy atom. The van der Waals surface area contributed by atoms with E-state index in [9.17, 15) is 38.4 Å². The van der Waals surface area contributed by atoms with Gasteiger partial charge < -0.3 is 25.2 Å². The van der Waals surface area contributed by atoms with Gasteiger partial charge in [-0.05, 0) is 73.0 Å². The van der Waals surface area contributed by atoms with Crippen molar-refractivity contribution in [3.63, 3.8) is 0 Å². The molecule has 3 aliphatic heterocycles. The molecule has 6 amide bonds. The third-order valence-electron chi connectivity index (χ3n) is 11.1. The molecule has 0 radical (unpaired) electrons. The van der Waals surface area contributed by atoms with Gasteiger partial charge in [-0.1, -0.05) is 12.1 Å². The quantitative estimate of drug-likeness (QED) is 0.117. The Kier molecular flexibility index (Phi) is 11.8. The van der Waals surface area contributed by atoms with E-state index in [0.717, 1.165) is 4.90 Å². The number of fused-ring (bicyclic) bond motifs is 1. The number of amides is 6. The van der Waals surface area contributed by atoms with Crippen LogP contribution in [0, 0.1) is 17.1 Å². The Morgan fingerprint density at radius 2 is 1.76 bits per heavy atom. The first kappa shape index (κ1) is 41.7. The van der Waals surface area contributed by atoms with Crippen molar-refractivity contribution in [1.29, 1.82) is 5.26 Å². The summed E-state index contributed by atoms with van der Waals surface area (Å²) in [4.78, 5) is 94.9. The van der Waals surface area contributed by atoms with Crippen LogP contribution in [-0.4, -0.2) is 106 Å². The summed E-state index contributed by atoms with van der Waals surface area (Å²) >= 11 is 0. The van der Waals surface area contributed by atoms with Crippen LogP contribution < -0.4 is 25.6 Å². The van der Waals surface area contributed by atoms with Crippen molar-refractivity contribution in [2.24, 2.45) is 0 Å². The minimum atomic E-state index is -1.05. The predicted octanol–water partition coefficient (Wildman–Crippen LogP) is 4.42. The third kappa shape index (κ3) is 8.48. The van der Waals surface area contributed by atoms with Crippen molar-refractivity contribution >= 4 is 52.5 Å². The van der Waals surface area contributed by atoms with Gasteiger partial charge in [0, 0.05) is 75.4 Å². The van der Waals surface area contributed by atoms with E-state index in [1.54, 1.807) is 47.5 Å². The van der Waals surface area contributed by atoms with Crippen LogP contribution in [-0.2, 0) is 14.4 Å². The smallest absolute Gasteiger partial charge is 0.274 e. The molecule has 2 saturated heterocycles. The molecule has 0 saturated carbocycles. The van der Waals surface area contributed by atoms with Crippen molar-refractivity contribution in [2.45, 2.75) is 31.7 Å². The van der Waals surface area contributed by atoms with Crippen molar-refractivity contribution in [3.8, 4) is 34.3 Å². The summed E-state index contributed by atoms with van der Waals surface area (Å²) in [5.41, 5.74) is 3.73. The molecular formula is C45H39FN10O7. The number of hydrogen-bond donors (Lipinski definition) is 3. The molecule has 318 valence electrons. The highest BCUT2D eigenvalue weighted by Gasteiger charge is 2.44. The van der Waals surface area contributed by atoms with Crippen LogP contribution in [0.25, 0.3) is 22.5 Å². The summed E-state index contributed by atoms with van der Waals surface area (Å²) in [6.45, 7) is 2.04.